The van der Waals surface area contributed by atoms with Crippen molar-refractivity contribution in [2.24, 2.45) is 23.2 Å². The molecule has 0 aromatic carbocycles. The largest absolute Gasteiger partial charge is 0.347 e. The van der Waals surface area contributed by atoms with E-state index in [9.17, 15) is 9.59 Å². The highest BCUT2D eigenvalue weighted by molar-refractivity contribution is 7.13. The van der Waals surface area contributed by atoms with Gasteiger partial charge in [0, 0.05) is 16.7 Å². The lowest BCUT2D eigenvalue weighted by atomic mass is 9.49. The summed E-state index contributed by atoms with van der Waals surface area (Å²) >= 11 is 1.47. The van der Waals surface area contributed by atoms with Gasteiger partial charge in [0.15, 0.2) is 5.13 Å². The molecule has 0 saturated heterocycles. The number of aromatic nitrogens is 1. The molecule has 2 N–H and O–H groups in total. The highest BCUT2D eigenvalue weighted by atomic mass is 32.1. The van der Waals surface area contributed by atoms with E-state index in [1.165, 1.54) is 43.4 Å². The SMILES string of the molecule is O=C(CNC(=O)C12CC3CC(CC(C3)C1)C2)Nc1nc(C2CC2)cs1. The van der Waals surface area contributed by atoms with E-state index in [1.807, 2.05) is 5.38 Å². The summed E-state index contributed by atoms with van der Waals surface area (Å²) in [5.41, 5.74) is 0.910. The van der Waals surface area contributed by atoms with Crippen LogP contribution in [0.3, 0.4) is 0 Å². The maximum Gasteiger partial charge on any atom is 0.245 e. The third kappa shape index (κ3) is 2.98. The van der Waals surface area contributed by atoms with Crippen LogP contribution in [0.4, 0.5) is 5.13 Å². The Morgan fingerprint density at radius 2 is 1.76 bits per heavy atom. The Morgan fingerprint density at radius 1 is 1.12 bits per heavy atom. The number of anilines is 1. The second-order valence-corrected chi connectivity index (χ2v) is 9.64. The molecular formula is C19H25N3O2S. The molecule has 2 amide bonds. The van der Waals surface area contributed by atoms with Crippen LogP contribution >= 0.6 is 11.3 Å². The first-order valence-electron chi connectivity index (χ1n) is 9.63. The van der Waals surface area contributed by atoms with Gasteiger partial charge in [0.25, 0.3) is 0 Å². The molecule has 6 rings (SSSR count). The molecule has 0 spiro atoms. The van der Waals surface area contributed by atoms with E-state index in [-0.39, 0.29) is 23.8 Å². The van der Waals surface area contributed by atoms with Crippen molar-refractivity contribution >= 4 is 28.3 Å². The van der Waals surface area contributed by atoms with Crippen molar-refractivity contribution in [3.63, 3.8) is 0 Å². The van der Waals surface area contributed by atoms with Gasteiger partial charge in [-0.25, -0.2) is 4.98 Å². The van der Waals surface area contributed by atoms with Crippen LogP contribution in [0.25, 0.3) is 0 Å². The standard InChI is InChI=1S/C19H25N3O2S/c23-16(22-18-21-15(10-25-18)14-1-2-14)9-20-17(24)19-6-11-3-12(7-19)5-13(4-11)8-19/h10-14H,1-9H2,(H,20,24)(H,21,22,23). The molecule has 5 nitrogen and oxygen atoms in total. The van der Waals surface area contributed by atoms with Crippen molar-refractivity contribution in [1.29, 1.82) is 0 Å². The third-order valence-corrected chi connectivity index (χ3v) is 7.47. The van der Waals surface area contributed by atoms with E-state index in [4.69, 9.17) is 0 Å². The monoisotopic (exact) mass is 359 g/mol. The van der Waals surface area contributed by atoms with Crippen LogP contribution in [0.15, 0.2) is 5.38 Å². The number of amides is 2. The number of hydrogen-bond acceptors (Lipinski definition) is 4. The Hall–Kier alpha value is -1.43. The van der Waals surface area contributed by atoms with Crippen LogP contribution in [-0.2, 0) is 9.59 Å². The average Bonchev–Trinajstić information content (AvgIpc) is 3.31. The number of hydrogen-bond donors (Lipinski definition) is 2. The predicted octanol–water partition coefficient (Wildman–Crippen LogP) is 3.29. The first-order valence-corrected chi connectivity index (χ1v) is 10.5. The fourth-order valence-electron chi connectivity index (χ4n) is 5.81. The molecule has 5 aliphatic carbocycles. The summed E-state index contributed by atoms with van der Waals surface area (Å²) in [6.45, 7) is 0.0545. The topological polar surface area (TPSA) is 71.1 Å². The molecule has 5 saturated carbocycles. The summed E-state index contributed by atoms with van der Waals surface area (Å²) in [7, 11) is 0. The molecule has 6 heteroatoms. The van der Waals surface area contributed by atoms with Crippen molar-refractivity contribution in [2.45, 2.75) is 57.3 Å². The lowest BCUT2D eigenvalue weighted by Gasteiger charge is -2.55. The second kappa shape index (κ2) is 5.79. The molecule has 134 valence electrons. The smallest absolute Gasteiger partial charge is 0.245 e. The molecule has 0 aliphatic heterocycles. The zero-order valence-electron chi connectivity index (χ0n) is 14.4. The summed E-state index contributed by atoms with van der Waals surface area (Å²) in [4.78, 5) is 29.5. The molecule has 1 aromatic heterocycles. The third-order valence-electron chi connectivity index (χ3n) is 6.69. The van der Waals surface area contributed by atoms with E-state index in [0.29, 0.717) is 11.0 Å². The molecule has 5 aliphatic rings. The molecular weight excluding hydrogens is 334 g/mol. The van der Waals surface area contributed by atoms with Gasteiger partial charge in [-0.15, -0.1) is 11.3 Å². The van der Waals surface area contributed by atoms with Gasteiger partial charge in [-0.1, -0.05) is 0 Å². The van der Waals surface area contributed by atoms with Crippen LogP contribution in [0.2, 0.25) is 0 Å². The van der Waals surface area contributed by atoms with Gasteiger partial charge in [0.1, 0.15) is 0 Å². The maximum absolute atomic E-state index is 12.9. The summed E-state index contributed by atoms with van der Waals surface area (Å²) < 4.78 is 0. The minimum absolute atomic E-state index is 0.0545. The van der Waals surface area contributed by atoms with Crippen LogP contribution in [0.5, 0.6) is 0 Å². The minimum Gasteiger partial charge on any atom is -0.347 e. The lowest BCUT2D eigenvalue weighted by Crippen LogP contribution is -2.54. The van der Waals surface area contributed by atoms with Crippen molar-refractivity contribution in [1.82, 2.24) is 10.3 Å². The quantitative estimate of drug-likeness (QED) is 0.847. The Morgan fingerprint density at radius 3 is 2.36 bits per heavy atom. The van der Waals surface area contributed by atoms with E-state index >= 15 is 0 Å². The molecule has 4 bridgehead atoms. The maximum atomic E-state index is 12.9. The van der Waals surface area contributed by atoms with Crippen LogP contribution in [0, 0.1) is 23.2 Å². The Labute approximate surface area is 152 Å². The van der Waals surface area contributed by atoms with Gasteiger partial charge in [-0.3, -0.25) is 9.59 Å². The van der Waals surface area contributed by atoms with Gasteiger partial charge < -0.3 is 10.6 Å². The van der Waals surface area contributed by atoms with Crippen LogP contribution in [-0.4, -0.2) is 23.3 Å². The normalized spacial score (nSPS) is 35.6. The Kier molecular flexibility index (Phi) is 3.66. The molecule has 25 heavy (non-hydrogen) atoms. The molecule has 5 fully saturated rings. The van der Waals surface area contributed by atoms with E-state index in [1.54, 1.807) is 0 Å². The van der Waals surface area contributed by atoms with Crippen molar-refractivity contribution in [2.75, 3.05) is 11.9 Å². The van der Waals surface area contributed by atoms with Crippen LogP contribution in [0.1, 0.15) is 63.0 Å². The first kappa shape index (κ1) is 15.8. The molecule has 1 heterocycles. The zero-order valence-corrected chi connectivity index (χ0v) is 15.2. The summed E-state index contributed by atoms with van der Waals surface area (Å²) in [6.07, 6.45) is 9.47. The van der Waals surface area contributed by atoms with Crippen LogP contribution < -0.4 is 10.6 Å². The Balaban J connectivity index is 1.16. The van der Waals surface area contributed by atoms with Gasteiger partial charge in [-0.05, 0) is 69.1 Å². The molecule has 0 radical (unpaired) electrons. The number of carbonyl (C=O) groups is 2. The number of rotatable bonds is 5. The highest BCUT2D eigenvalue weighted by Gasteiger charge is 2.54. The van der Waals surface area contributed by atoms with E-state index < -0.39 is 0 Å². The summed E-state index contributed by atoms with van der Waals surface area (Å²) in [5.74, 6) is 2.75. The van der Waals surface area contributed by atoms with Gasteiger partial charge in [-0.2, -0.15) is 0 Å². The van der Waals surface area contributed by atoms with Gasteiger partial charge >= 0.3 is 0 Å². The number of carbonyl (C=O) groups excluding carboxylic acids is 2. The zero-order chi connectivity index (χ0) is 17.0. The number of nitrogens with one attached hydrogen (secondary N) is 2. The summed E-state index contributed by atoms with van der Waals surface area (Å²) in [5, 5.41) is 8.43. The fraction of sp³-hybridized carbons (Fsp3) is 0.737. The van der Waals surface area contributed by atoms with Crippen molar-refractivity contribution < 1.29 is 9.59 Å². The molecule has 0 unspecified atom stereocenters. The van der Waals surface area contributed by atoms with Crippen molar-refractivity contribution in [3.05, 3.63) is 11.1 Å². The van der Waals surface area contributed by atoms with Crippen molar-refractivity contribution in [3.8, 4) is 0 Å². The van der Waals surface area contributed by atoms with E-state index in [2.05, 4.69) is 15.6 Å². The summed E-state index contributed by atoms with van der Waals surface area (Å²) in [6, 6.07) is 0. The fourth-order valence-corrected chi connectivity index (χ4v) is 6.62. The highest BCUT2D eigenvalue weighted by Crippen LogP contribution is 2.60. The second-order valence-electron chi connectivity index (χ2n) is 8.78. The minimum atomic E-state index is -0.185. The van der Waals surface area contributed by atoms with Gasteiger partial charge in [0.2, 0.25) is 11.8 Å². The van der Waals surface area contributed by atoms with E-state index in [0.717, 1.165) is 42.7 Å². The average molecular weight is 359 g/mol. The molecule has 1 aromatic rings. The lowest BCUT2D eigenvalue weighted by molar-refractivity contribution is -0.146. The first-order chi connectivity index (χ1) is 12.1. The predicted molar refractivity (Wildman–Crippen MR) is 96.3 cm³/mol. The number of thiazole rings is 1. The Bertz CT molecular complexity index is 674. The van der Waals surface area contributed by atoms with Gasteiger partial charge in [0.05, 0.1) is 12.2 Å². The molecule has 0 atom stereocenters. The number of nitrogens with zero attached hydrogens (tertiary/aromatic N) is 1.